The van der Waals surface area contributed by atoms with Crippen molar-refractivity contribution in [1.29, 1.82) is 0 Å². The Morgan fingerprint density at radius 2 is 0.789 bits per heavy atom. The van der Waals surface area contributed by atoms with Gasteiger partial charge in [-0.1, -0.05) is 104 Å². The lowest BCUT2D eigenvalue weighted by molar-refractivity contribution is -0.169. The average Bonchev–Trinajstić information content (AvgIpc) is 2.82. The molecule has 0 aliphatic carbocycles. The molecule has 0 saturated carbocycles. The summed E-state index contributed by atoms with van der Waals surface area (Å²) in [4.78, 5) is 25.0. The molecule has 0 aromatic heterocycles. The van der Waals surface area contributed by atoms with Gasteiger partial charge in [0.25, 0.3) is 0 Å². The van der Waals surface area contributed by atoms with E-state index in [1.807, 2.05) is 0 Å². The first-order valence-corrected chi connectivity index (χ1v) is 16.3. The quantitative estimate of drug-likeness (QED) is 0.0849. The maximum atomic E-state index is 12.5. The predicted molar refractivity (Wildman–Crippen MR) is 140 cm³/mol. The molecule has 0 aliphatic rings. The molecule has 38 heavy (non-hydrogen) atoms. The minimum atomic E-state index is -5.36. The monoisotopic (exact) mass is 590 g/mol. The maximum Gasteiger partial charge on any atom is 0.398 e. The third kappa shape index (κ3) is 21.6. The van der Waals surface area contributed by atoms with Gasteiger partial charge < -0.3 is 9.47 Å². The van der Waals surface area contributed by atoms with Crippen LogP contribution in [0.1, 0.15) is 117 Å². The number of carbonyl (C=O) groups excluding carboxylic acids is 2. The minimum Gasteiger partial charge on any atom is -0.464 e. The van der Waals surface area contributed by atoms with Crippen LogP contribution in [0, 0.1) is 0 Å². The van der Waals surface area contributed by atoms with E-state index < -0.39 is 44.9 Å². The van der Waals surface area contributed by atoms with Crippen LogP contribution in [0.3, 0.4) is 0 Å². The fourth-order valence-corrected chi connectivity index (χ4v) is 4.55. The molecule has 2 unspecified atom stereocenters. The molecule has 0 bridgehead atoms. The Morgan fingerprint density at radius 1 is 0.526 bits per heavy atom. The van der Waals surface area contributed by atoms with Crippen LogP contribution < -0.4 is 0 Å². The zero-order valence-corrected chi connectivity index (χ0v) is 24.3. The van der Waals surface area contributed by atoms with Crippen molar-refractivity contribution in [1.82, 2.24) is 0 Å². The van der Waals surface area contributed by atoms with E-state index in [1.165, 1.54) is 12.8 Å². The number of ether oxygens (including phenoxy) is 2. The predicted octanol–water partition coefficient (Wildman–Crippen LogP) is 4.73. The SMILES string of the molecule is CCCCCCCCCCOC(=O)C(OS(=O)(=O)O)C(OS(=O)(=O)O)C(=O)OCCCCCCCCCC. The summed E-state index contributed by atoms with van der Waals surface area (Å²) < 4.78 is 81.6. The van der Waals surface area contributed by atoms with E-state index in [-0.39, 0.29) is 13.2 Å². The smallest absolute Gasteiger partial charge is 0.398 e. The molecule has 2 N–H and O–H groups in total. The van der Waals surface area contributed by atoms with E-state index >= 15 is 0 Å². The van der Waals surface area contributed by atoms with Crippen molar-refractivity contribution in [3.8, 4) is 0 Å². The highest BCUT2D eigenvalue weighted by Crippen LogP contribution is 2.16. The van der Waals surface area contributed by atoms with Gasteiger partial charge in [-0.3, -0.25) is 9.11 Å². The van der Waals surface area contributed by atoms with Gasteiger partial charge in [0.05, 0.1) is 13.2 Å². The fourth-order valence-electron chi connectivity index (χ4n) is 3.67. The van der Waals surface area contributed by atoms with Gasteiger partial charge in [-0.15, -0.1) is 0 Å². The first-order chi connectivity index (χ1) is 17.9. The van der Waals surface area contributed by atoms with Gasteiger partial charge in [0.1, 0.15) is 0 Å². The zero-order valence-electron chi connectivity index (χ0n) is 22.7. The summed E-state index contributed by atoms with van der Waals surface area (Å²) in [5, 5.41) is 0. The second kappa shape index (κ2) is 21.5. The lowest BCUT2D eigenvalue weighted by Gasteiger charge is -2.21. The van der Waals surface area contributed by atoms with Crippen LogP contribution in [0.25, 0.3) is 0 Å². The molecule has 0 aliphatic heterocycles. The van der Waals surface area contributed by atoms with Gasteiger partial charge in [-0.05, 0) is 12.8 Å². The normalized spacial score (nSPS) is 13.7. The first-order valence-electron chi connectivity index (χ1n) is 13.6. The highest BCUT2D eigenvalue weighted by Gasteiger charge is 2.44. The fraction of sp³-hybridized carbons (Fsp3) is 0.917. The molecule has 14 heteroatoms. The number of carbonyl (C=O) groups is 2. The molecular formula is C24H46O12S2. The largest absolute Gasteiger partial charge is 0.464 e. The van der Waals surface area contributed by atoms with Crippen LogP contribution in [-0.4, -0.2) is 63.3 Å². The Morgan fingerprint density at radius 3 is 1.05 bits per heavy atom. The minimum absolute atomic E-state index is 0.176. The van der Waals surface area contributed by atoms with Crippen molar-refractivity contribution >= 4 is 32.7 Å². The number of rotatable bonds is 25. The highest BCUT2D eigenvalue weighted by atomic mass is 32.3. The van der Waals surface area contributed by atoms with E-state index in [0.717, 1.165) is 77.0 Å². The summed E-state index contributed by atoms with van der Waals surface area (Å²) in [6.07, 6.45) is 10.0. The van der Waals surface area contributed by atoms with Crippen molar-refractivity contribution in [2.24, 2.45) is 0 Å². The molecule has 0 rings (SSSR count). The van der Waals surface area contributed by atoms with Crippen molar-refractivity contribution in [3.63, 3.8) is 0 Å². The van der Waals surface area contributed by atoms with E-state index in [2.05, 4.69) is 22.2 Å². The summed E-state index contributed by atoms with van der Waals surface area (Å²) >= 11 is 0. The Labute approximate surface area is 228 Å². The molecule has 0 saturated heterocycles. The molecule has 0 spiro atoms. The lowest BCUT2D eigenvalue weighted by Crippen LogP contribution is -2.47. The van der Waals surface area contributed by atoms with E-state index in [4.69, 9.17) is 18.6 Å². The van der Waals surface area contributed by atoms with Gasteiger partial charge >= 0.3 is 32.7 Å². The third-order valence-corrected chi connectivity index (χ3v) is 6.58. The molecule has 2 atom stereocenters. The number of esters is 2. The van der Waals surface area contributed by atoms with Crippen LogP contribution in [-0.2, 0) is 48.2 Å². The van der Waals surface area contributed by atoms with Crippen molar-refractivity contribution < 1.29 is 53.4 Å². The van der Waals surface area contributed by atoms with E-state index in [0.29, 0.717) is 12.8 Å². The van der Waals surface area contributed by atoms with Crippen molar-refractivity contribution in [2.45, 2.75) is 129 Å². The average molecular weight is 591 g/mol. The van der Waals surface area contributed by atoms with Crippen molar-refractivity contribution in [3.05, 3.63) is 0 Å². The Hall–Kier alpha value is -1.32. The van der Waals surface area contributed by atoms with Gasteiger partial charge in [-0.2, -0.15) is 16.8 Å². The summed E-state index contributed by atoms with van der Waals surface area (Å²) in [7, 11) is -10.7. The molecular weight excluding hydrogens is 544 g/mol. The summed E-state index contributed by atoms with van der Waals surface area (Å²) in [6.45, 7) is 3.89. The van der Waals surface area contributed by atoms with E-state index in [9.17, 15) is 26.4 Å². The molecule has 0 aromatic carbocycles. The first kappa shape index (κ1) is 36.7. The second-order valence-corrected chi connectivity index (χ2v) is 11.3. The molecule has 0 heterocycles. The van der Waals surface area contributed by atoms with Crippen LogP contribution >= 0.6 is 0 Å². The summed E-state index contributed by atoms with van der Waals surface area (Å²) in [5.41, 5.74) is 0. The maximum absolute atomic E-state index is 12.5. The number of unbranched alkanes of at least 4 members (excludes halogenated alkanes) is 14. The standard InChI is InChI=1S/C24H46O12S2/c1-3-5-7-9-11-13-15-17-19-33-23(25)21(35-37(27,28)29)22(36-38(30,31)32)24(26)34-20-18-16-14-12-10-8-6-4-2/h21-22H,3-20H2,1-2H3,(H,27,28,29)(H,30,31,32). The van der Waals surface area contributed by atoms with Crippen LogP contribution in [0.5, 0.6) is 0 Å². The van der Waals surface area contributed by atoms with Crippen molar-refractivity contribution in [2.75, 3.05) is 13.2 Å². The summed E-state index contributed by atoms with van der Waals surface area (Å²) in [6, 6.07) is 0. The number of hydrogen-bond donors (Lipinski definition) is 2. The van der Waals surface area contributed by atoms with Crippen LogP contribution in [0.15, 0.2) is 0 Å². The third-order valence-electron chi connectivity index (χ3n) is 5.67. The second-order valence-electron chi connectivity index (χ2n) is 9.17. The Balaban J connectivity index is 4.94. The molecule has 0 radical (unpaired) electrons. The van der Waals surface area contributed by atoms with Gasteiger partial charge in [0.2, 0.25) is 12.2 Å². The summed E-state index contributed by atoms with van der Waals surface area (Å²) in [5.74, 6) is -2.97. The Kier molecular flexibility index (Phi) is 20.7. The zero-order chi connectivity index (χ0) is 28.9. The molecule has 0 aromatic rings. The van der Waals surface area contributed by atoms with Gasteiger partial charge in [-0.25, -0.2) is 18.0 Å². The molecule has 12 nitrogen and oxygen atoms in total. The van der Waals surface area contributed by atoms with Crippen LogP contribution in [0.4, 0.5) is 0 Å². The molecule has 226 valence electrons. The highest BCUT2D eigenvalue weighted by molar-refractivity contribution is 7.81. The van der Waals surface area contributed by atoms with Crippen LogP contribution in [0.2, 0.25) is 0 Å². The lowest BCUT2D eigenvalue weighted by atomic mass is 10.1. The molecule has 0 amide bonds. The van der Waals surface area contributed by atoms with Gasteiger partial charge in [0.15, 0.2) is 0 Å². The Bertz CT molecular complexity index is 772. The topological polar surface area (TPSA) is 180 Å². The molecule has 0 fully saturated rings. The number of hydrogen-bond acceptors (Lipinski definition) is 10. The van der Waals surface area contributed by atoms with E-state index in [1.54, 1.807) is 0 Å². The van der Waals surface area contributed by atoms with Gasteiger partial charge in [0, 0.05) is 0 Å².